The Morgan fingerprint density at radius 3 is 2.74 bits per heavy atom. The smallest absolute Gasteiger partial charge is 0.140 e. The maximum atomic E-state index is 7.57. The van der Waals surface area contributed by atoms with Gasteiger partial charge in [-0.25, -0.2) is 4.98 Å². The van der Waals surface area contributed by atoms with Crippen LogP contribution in [0.4, 0.5) is 0 Å². The zero-order valence-corrected chi connectivity index (χ0v) is 11.7. The van der Waals surface area contributed by atoms with E-state index < -0.39 is 0 Å². The number of hydrogen-bond acceptors (Lipinski definition) is 4. The SMILES string of the molecule is CCCc1nc(COc2ccccc2)sc1C(=N)N. The van der Waals surface area contributed by atoms with Gasteiger partial charge in [-0.3, -0.25) is 5.41 Å². The first-order valence-corrected chi connectivity index (χ1v) is 7.03. The molecule has 100 valence electrons. The van der Waals surface area contributed by atoms with Crippen LogP contribution < -0.4 is 10.5 Å². The molecule has 0 aliphatic carbocycles. The fourth-order valence-electron chi connectivity index (χ4n) is 1.74. The molecule has 1 heterocycles. The standard InChI is InChI=1S/C14H17N3OS/c1-2-6-11-13(14(15)16)19-12(17-11)9-18-10-7-4-3-5-8-10/h3-5,7-8H,2,6,9H2,1H3,(H3,15,16). The number of nitrogens with two attached hydrogens (primary N) is 1. The van der Waals surface area contributed by atoms with E-state index in [4.69, 9.17) is 15.9 Å². The van der Waals surface area contributed by atoms with E-state index in [1.54, 1.807) is 0 Å². The fraction of sp³-hybridized carbons (Fsp3) is 0.286. The summed E-state index contributed by atoms with van der Waals surface area (Å²) in [7, 11) is 0. The quantitative estimate of drug-likeness (QED) is 0.629. The second-order valence-electron chi connectivity index (χ2n) is 4.15. The van der Waals surface area contributed by atoms with E-state index in [9.17, 15) is 0 Å². The Morgan fingerprint density at radius 2 is 2.11 bits per heavy atom. The molecule has 1 aromatic heterocycles. The highest BCUT2D eigenvalue weighted by Crippen LogP contribution is 2.21. The van der Waals surface area contributed by atoms with Crippen molar-refractivity contribution >= 4 is 17.2 Å². The van der Waals surface area contributed by atoms with Gasteiger partial charge in [0.1, 0.15) is 23.2 Å². The van der Waals surface area contributed by atoms with Crippen LogP contribution in [0.3, 0.4) is 0 Å². The Bertz CT molecular complexity index is 551. The number of benzene rings is 1. The molecule has 0 atom stereocenters. The third-order valence-electron chi connectivity index (χ3n) is 2.58. The van der Waals surface area contributed by atoms with E-state index >= 15 is 0 Å². The first-order valence-electron chi connectivity index (χ1n) is 6.21. The highest BCUT2D eigenvalue weighted by atomic mass is 32.1. The van der Waals surface area contributed by atoms with E-state index in [2.05, 4.69) is 11.9 Å². The van der Waals surface area contributed by atoms with E-state index in [1.165, 1.54) is 11.3 Å². The van der Waals surface area contributed by atoms with Gasteiger partial charge in [-0.05, 0) is 18.6 Å². The second kappa shape index (κ2) is 6.33. The molecule has 0 unspecified atom stereocenters. The van der Waals surface area contributed by atoms with Crippen molar-refractivity contribution in [2.75, 3.05) is 0 Å². The molecule has 0 radical (unpaired) electrons. The molecule has 4 nitrogen and oxygen atoms in total. The van der Waals surface area contributed by atoms with Crippen LogP contribution in [0.2, 0.25) is 0 Å². The minimum Gasteiger partial charge on any atom is -0.486 e. The van der Waals surface area contributed by atoms with Gasteiger partial charge in [0.05, 0.1) is 10.6 Å². The minimum absolute atomic E-state index is 0.0897. The number of thiazole rings is 1. The van der Waals surface area contributed by atoms with E-state index in [-0.39, 0.29) is 5.84 Å². The van der Waals surface area contributed by atoms with Crippen molar-refractivity contribution in [2.45, 2.75) is 26.4 Å². The van der Waals surface area contributed by atoms with Crippen LogP contribution in [0, 0.1) is 5.41 Å². The van der Waals surface area contributed by atoms with E-state index in [0.717, 1.165) is 34.2 Å². The molecule has 2 rings (SSSR count). The summed E-state index contributed by atoms with van der Waals surface area (Å²) in [5.74, 6) is 0.908. The average molecular weight is 275 g/mol. The summed E-state index contributed by atoms with van der Waals surface area (Å²) >= 11 is 1.44. The van der Waals surface area contributed by atoms with Gasteiger partial charge in [-0.1, -0.05) is 31.5 Å². The van der Waals surface area contributed by atoms with Gasteiger partial charge in [0.2, 0.25) is 0 Å². The lowest BCUT2D eigenvalue weighted by molar-refractivity contribution is 0.305. The van der Waals surface area contributed by atoms with Crippen molar-refractivity contribution in [3.63, 3.8) is 0 Å². The number of rotatable bonds is 6. The highest BCUT2D eigenvalue weighted by Gasteiger charge is 2.13. The Kier molecular flexibility index (Phi) is 4.52. The monoisotopic (exact) mass is 275 g/mol. The number of nitrogen functional groups attached to an aromatic ring is 1. The second-order valence-corrected chi connectivity index (χ2v) is 5.23. The number of para-hydroxylation sites is 1. The molecule has 0 saturated carbocycles. The van der Waals surface area contributed by atoms with Crippen LogP contribution in [-0.2, 0) is 13.0 Å². The van der Waals surface area contributed by atoms with Crippen LogP contribution in [0.5, 0.6) is 5.75 Å². The number of aryl methyl sites for hydroxylation is 1. The van der Waals surface area contributed by atoms with Gasteiger partial charge >= 0.3 is 0 Å². The van der Waals surface area contributed by atoms with Crippen molar-refractivity contribution in [1.82, 2.24) is 4.98 Å². The van der Waals surface area contributed by atoms with Crippen LogP contribution in [-0.4, -0.2) is 10.8 Å². The number of aromatic nitrogens is 1. The van der Waals surface area contributed by atoms with Gasteiger partial charge < -0.3 is 10.5 Å². The van der Waals surface area contributed by atoms with Gasteiger partial charge in [-0.15, -0.1) is 11.3 Å². The summed E-state index contributed by atoms with van der Waals surface area (Å²) < 4.78 is 5.65. The molecular weight excluding hydrogens is 258 g/mol. The Morgan fingerprint density at radius 1 is 1.37 bits per heavy atom. The van der Waals surface area contributed by atoms with Gasteiger partial charge in [0.15, 0.2) is 0 Å². The molecular formula is C14H17N3OS. The number of nitrogens with one attached hydrogen (secondary N) is 1. The number of amidine groups is 1. The largest absolute Gasteiger partial charge is 0.486 e. The van der Waals surface area contributed by atoms with Crippen LogP contribution in [0.15, 0.2) is 30.3 Å². The maximum Gasteiger partial charge on any atom is 0.140 e. The minimum atomic E-state index is 0.0897. The summed E-state index contributed by atoms with van der Waals surface area (Å²) in [6, 6.07) is 9.63. The average Bonchev–Trinajstić information content (AvgIpc) is 2.81. The highest BCUT2D eigenvalue weighted by molar-refractivity contribution is 7.13. The molecule has 0 fully saturated rings. The van der Waals surface area contributed by atoms with Crippen molar-refractivity contribution in [1.29, 1.82) is 5.41 Å². The summed E-state index contributed by atoms with van der Waals surface area (Å²) in [5.41, 5.74) is 6.49. The lowest BCUT2D eigenvalue weighted by Gasteiger charge is -2.02. The van der Waals surface area contributed by atoms with E-state index in [1.807, 2.05) is 30.3 Å². The summed E-state index contributed by atoms with van der Waals surface area (Å²) in [5, 5.41) is 8.43. The van der Waals surface area contributed by atoms with Gasteiger partial charge in [0.25, 0.3) is 0 Å². The molecule has 2 aromatic rings. The number of nitrogens with zero attached hydrogens (tertiary/aromatic N) is 1. The van der Waals surface area contributed by atoms with E-state index in [0.29, 0.717) is 6.61 Å². The fourth-order valence-corrected chi connectivity index (χ4v) is 2.63. The van der Waals surface area contributed by atoms with Crippen LogP contribution >= 0.6 is 11.3 Å². The molecule has 19 heavy (non-hydrogen) atoms. The third-order valence-corrected chi connectivity index (χ3v) is 3.68. The van der Waals surface area contributed by atoms with Gasteiger partial charge in [-0.2, -0.15) is 0 Å². The topological polar surface area (TPSA) is 72.0 Å². The Labute approximate surface area is 116 Å². The van der Waals surface area contributed by atoms with Crippen molar-refractivity contribution in [2.24, 2.45) is 5.73 Å². The predicted molar refractivity (Wildman–Crippen MR) is 77.9 cm³/mol. The van der Waals surface area contributed by atoms with Crippen molar-refractivity contribution in [3.8, 4) is 5.75 Å². The third kappa shape index (κ3) is 3.54. The lowest BCUT2D eigenvalue weighted by Crippen LogP contribution is -2.11. The zero-order chi connectivity index (χ0) is 13.7. The van der Waals surface area contributed by atoms with Crippen molar-refractivity contribution in [3.05, 3.63) is 45.9 Å². The normalized spacial score (nSPS) is 10.4. The summed E-state index contributed by atoms with van der Waals surface area (Å²) in [6.45, 7) is 2.50. The van der Waals surface area contributed by atoms with Crippen LogP contribution in [0.1, 0.15) is 28.9 Å². The molecule has 0 saturated heterocycles. The van der Waals surface area contributed by atoms with Gasteiger partial charge in [0, 0.05) is 0 Å². The number of ether oxygens (including phenoxy) is 1. The zero-order valence-electron chi connectivity index (χ0n) is 10.8. The lowest BCUT2D eigenvalue weighted by atomic mass is 10.2. The van der Waals surface area contributed by atoms with Crippen LogP contribution in [0.25, 0.3) is 0 Å². The predicted octanol–water partition coefficient (Wildman–Crippen LogP) is 2.96. The Hall–Kier alpha value is -1.88. The molecule has 1 aromatic carbocycles. The molecule has 0 aliphatic heterocycles. The maximum absolute atomic E-state index is 7.57. The molecule has 0 aliphatic rings. The molecule has 5 heteroatoms. The van der Waals surface area contributed by atoms with Crippen molar-refractivity contribution < 1.29 is 4.74 Å². The molecule has 0 bridgehead atoms. The molecule has 0 spiro atoms. The number of hydrogen-bond donors (Lipinski definition) is 2. The first-order chi connectivity index (χ1) is 9.20. The Balaban J connectivity index is 2.08. The first kappa shape index (κ1) is 13.5. The summed E-state index contributed by atoms with van der Waals surface area (Å²) in [6.07, 6.45) is 1.83. The molecule has 0 amide bonds. The summed E-state index contributed by atoms with van der Waals surface area (Å²) in [4.78, 5) is 5.28. The molecule has 3 N–H and O–H groups in total.